The van der Waals surface area contributed by atoms with Crippen molar-refractivity contribution in [3.63, 3.8) is 0 Å². The molecule has 3 rings (SSSR count). The maximum atomic E-state index is 10.5. The Kier molecular flexibility index (Phi) is 17.1. The van der Waals surface area contributed by atoms with Gasteiger partial charge in [0.1, 0.15) is 13.2 Å². The molecule has 0 aliphatic rings. The first kappa shape index (κ1) is 36.4. The zero-order chi connectivity index (χ0) is 30.2. The number of para-hydroxylation sites is 2. The third kappa shape index (κ3) is 11.3. The van der Waals surface area contributed by atoms with Crippen molar-refractivity contribution in [1.82, 2.24) is 0 Å². The first-order valence-electron chi connectivity index (χ1n) is 13.1. The Labute approximate surface area is 291 Å². The molecule has 0 atom stereocenters. The molecule has 0 saturated heterocycles. The van der Waals surface area contributed by atoms with Crippen LogP contribution in [0.2, 0.25) is 0 Å². The zero-order valence-electron chi connectivity index (χ0n) is 23.9. The number of phenolic OH excluding ortho intramolecular Hbond substituents is 2. The van der Waals surface area contributed by atoms with Gasteiger partial charge in [0.25, 0.3) is 0 Å². The van der Waals surface area contributed by atoms with Crippen LogP contribution in [0.3, 0.4) is 0 Å². The van der Waals surface area contributed by atoms with Crippen LogP contribution in [-0.4, -0.2) is 99.9 Å². The minimum atomic E-state index is -0.103. The summed E-state index contributed by atoms with van der Waals surface area (Å²) in [6.45, 7) is 0.935. The molecule has 0 heterocycles. The Morgan fingerprint density at radius 1 is 0.605 bits per heavy atom. The second kappa shape index (κ2) is 20.2. The minimum absolute atomic E-state index is 0. The fourth-order valence-corrected chi connectivity index (χ4v) is 3.62. The van der Waals surface area contributed by atoms with Crippen LogP contribution in [0.15, 0.2) is 58.5 Å². The topological polar surface area (TPSA) is 161 Å². The van der Waals surface area contributed by atoms with Crippen molar-refractivity contribution in [3.8, 4) is 34.5 Å². The van der Waals surface area contributed by atoms with Crippen LogP contribution in [0.5, 0.6) is 34.5 Å². The number of phenols is 2. The van der Waals surface area contributed by atoms with E-state index in [4.69, 9.17) is 38.6 Å². The van der Waals surface area contributed by atoms with Crippen LogP contribution in [0.1, 0.15) is 11.1 Å². The van der Waals surface area contributed by atoms with Crippen LogP contribution < -0.4 is 18.9 Å². The van der Waals surface area contributed by atoms with Crippen LogP contribution in [0, 0.1) is 49.4 Å². The van der Waals surface area contributed by atoms with Gasteiger partial charge in [0.05, 0.1) is 65.2 Å². The van der Waals surface area contributed by atoms with Crippen molar-refractivity contribution in [2.75, 3.05) is 67.1 Å². The summed E-state index contributed by atoms with van der Waals surface area (Å²) < 4.78 is 32.8. The number of aliphatic imine (C=N–C) groups is 2. The van der Waals surface area contributed by atoms with Gasteiger partial charge in [-0.25, -0.2) is 0 Å². The second-order valence-electron chi connectivity index (χ2n) is 8.47. The van der Waals surface area contributed by atoms with E-state index in [1.54, 1.807) is 48.5 Å². The van der Waals surface area contributed by atoms with E-state index in [1.807, 2.05) is 0 Å². The third-order valence-corrected chi connectivity index (χ3v) is 5.67. The molecule has 4 N–H and O–H groups in total. The number of ether oxygens (including phenoxy) is 6. The van der Waals surface area contributed by atoms with E-state index in [2.05, 4.69) is 9.98 Å². The third-order valence-electron chi connectivity index (χ3n) is 5.67. The molecule has 0 aliphatic heterocycles. The van der Waals surface area contributed by atoms with Crippen molar-refractivity contribution in [1.29, 1.82) is 0 Å². The first-order valence-corrected chi connectivity index (χ1v) is 13.1. The molecule has 0 saturated carbocycles. The van der Waals surface area contributed by atoms with Gasteiger partial charge in [-0.2, -0.15) is 0 Å². The van der Waals surface area contributed by atoms with E-state index in [-0.39, 0.29) is 114 Å². The van der Waals surface area contributed by atoms with E-state index in [0.29, 0.717) is 45.5 Å². The number of hydrogen-bond donors (Lipinski definition) is 4. The number of nitrogens with zero attached hydrogens (tertiary/aromatic N) is 2. The average Bonchev–Trinajstić information content (AvgIpc) is 3.00. The summed E-state index contributed by atoms with van der Waals surface area (Å²) in [4.78, 5) is 9.14. The van der Waals surface area contributed by atoms with Gasteiger partial charge in [-0.15, -0.1) is 0 Å². The van der Waals surface area contributed by atoms with E-state index in [9.17, 15) is 10.2 Å². The maximum Gasteiger partial charge on any atom is 0.166 e. The van der Waals surface area contributed by atoms with E-state index in [1.165, 1.54) is 26.6 Å². The molecule has 0 aromatic heterocycles. The molecule has 0 spiro atoms. The summed E-state index contributed by atoms with van der Waals surface area (Å²) in [5.74, 6) is 1.13. The van der Waals surface area contributed by atoms with Crippen molar-refractivity contribution in [3.05, 3.63) is 59.7 Å². The van der Waals surface area contributed by atoms with Crippen LogP contribution in [-0.2, 0) is 9.47 Å². The summed E-state index contributed by atoms with van der Waals surface area (Å²) in [7, 11) is 2.91. The molecule has 13 heteroatoms. The first-order chi connectivity index (χ1) is 20.5. The summed E-state index contributed by atoms with van der Waals surface area (Å²) in [6.07, 6.45) is 2.93. The molecule has 0 bridgehead atoms. The number of aliphatic hydroxyl groups excluding tert-OH is 2. The molecule has 0 aliphatic carbocycles. The van der Waals surface area contributed by atoms with Gasteiger partial charge in [-0.1, -0.05) is 12.1 Å². The Morgan fingerprint density at radius 2 is 1.02 bits per heavy atom. The second-order valence-corrected chi connectivity index (χ2v) is 8.47. The van der Waals surface area contributed by atoms with Crippen LogP contribution in [0.4, 0.5) is 11.4 Å². The molecule has 3 aromatic rings. The smallest absolute Gasteiger partial charge is 0.166 e. The van der Waals surface area contributed by atoms with E-state index < -0.39 is 0 Å². The largest absolute Gasteiger partial charge is 0.504 e. The Morgan fingerprint density at radius 3 is 1.40 bits per heavy atom. The number of aliphatic hydroxyl groups is 2. The Bertz CT molecular complexity index is 1240. The molecule has 1 radical (unpaired) electrons. The summed E-state index contributed by atoms with van der Waals surface area (Å²) in [6, 6.07) is 13.3. The van der Waals surface area contributed by atoms with Gasteiger partial charge >= 0.3 is 0 Å². The minimum Gasteiger partial charge on any atom is -0.504 e. The molecule has 43 heavy (non-hydrogen) atoms. The quantitative estimate of drug-likeness (QED) is 0.113. The van der Waals surface area contributed by atoms with Gasteiger partial charge < -0.3 is 48.8 Å². The van der Waals surface area contributed by atoms with Crippen LogP contribution in [0.25, 0.3) is 0 Å². The van der Waals surface area contributed by atoms with Crippen molar-refractivity contribution >= 4 is 23.8 Å². The predicted octanol–water partition coefficient (Wildman–Crippen LogP) is 3.39. The molecule has 0 amide bonds. The van der Waals surface area contributed by atoms with E-state index >= 15 is 0 Å². The summed E-state index contributed by atoms with van der Waals surface area (Å²) in [5.41, 5.74) is 1.56. The summed E-state index contributed by atoms with van der Waals surface area (Å²) >= 11 is 0. The van der Waals surface area contributed by atoms with Crippen LogP contribution >= 0.6 is 0 Å². The number of methoxy groups -OCH3 is 2. The monoisotopic (exact) mass is 737 g/mol. The SMILES string of the molecule is COc1cccc(C=Nc2cc(OCCOCCO)c(OCCOCCO)cc2N=Cc2cccc(OC)c2O)c1O.[Eu]. The normalized spacial score (nSPS) is 11.1. The van der Waals surface area contributed by atoms with Gasteiger partial charge in [-0.05, 0) is 24.3 Å². The van der Waals surface area contributed by atoms with Crippen molar-refractivity contribution in [2.45, 2.75) is 0 Å². The molecular weight excluding hydrogens is 700 g/mol. The van der Waals surface area contributed by atoms with Gasteiger partial charge in [0.15, 0.2) is 34.5 Å². The maximum absolute atomic E-state index is 10.5. The fourth-order valence-electron chi connectivity index (χ4n) is 3.62. The molecule has 0 unspecified atom stereocenters. The van der Waals surface area contributed by atoms with Gasteiger partial charge in [-0.3, -0.25) is 9.98 Å². The standard InChI is InChI=1S/C30H36N2O10.Eu/c1-37-25-7-3-5-21(29(25)35)19-31-23-17-27(41-15-13-39-11-9-33)28(42-16-14-40-12-10-34)18-24(23)32-20-22-6-4-8-26(38-2)30(22)36;/h3-8,17-20,33-36H,9-16H2,1-2H3;. The molecule has 12 nitrogen and oxygen atoms in total. The Balaban J connectivity index is 0.00000645. The number of benzene rings is 3. The number of aromatic hydroxyl groups is 2. The van der Waals surface area contributed by atoms with Gasteiger partial charge in [0.2, 0.25) is 0 Å². The van der Waals surface area contributed by atoms with Gasteiger partial charge in [0, 0.05) is 85.1 Å². The molecular formula is C30H36EuN2O10. The van der Waals surface area contributed by atoms with Crippen molar-refractivity contribution < 1.29 is 98.2 Å². The summed E-state index contributed by atoms with van der Waals surface area (Å²) in [5, 5.41) is 38.9. The molecule has 0 fully saturated rings. The number of hydrogen-bond acceptors (Lipinski definition) is 12. The zero-order valence-corrected chi connectivity index (χ0v) is 26.4. The average molecular weight is 737 g/mol. The fraction of sp³-hybridized carbons (Fsp3) is 0.333. The molecule has 233 valence electrons. The van der Waals surface area contributed by atoms with E-state index in [0.717, 1.165) is 0 Å². The molecule has 3 aromatic carbocycles. The predicted molar refractivity (Wildman–Crippen MR) is 157 cm³/mol. The van der Waals surface area contributed by atoms with Crippen molar-refractivity contribution in [2.24, 2.45) is 9.98 Å². The number of rotatable bonds is 18. The Hall–Kier alpha value is -2.78.